The molecule has 0 heterocycles. The average Bonchev–Trinajstić information content (AvgIpc) is 2.48. The number of hydrogen-bond acceptors (Lipinski definition) is 1. The highest BCUT2D eigenvalue weighted by atomic mass is 79.9. The van der Waals surface area contributed by atoms with E-state index in [4.69, 9.17) is 4.74 Å². The molecule has 0 spiro atoms. The van der Waals surface area contributed by atoms with Crippen LogP contribution in [0.4, 0.5) is 0 Å². The lowest BCUT2D eigenvalue weighted by Crippen LogP contribution is -2.37. The minimum Gasteiger partial charge on any atom is -0.492 e. The second-order valence-electron chi connectivity index (χ2n) is 5.64. The highest BCUT2D eigenvalue weighted by Crippen LogP contribution is 2.43. The normalized spacial score (nSPS) is 16.4. The first-order valence-electron chi connectivity index (χ1n) is 7.16. The first kappa shape index (κ1) is 13.7. The summed E-state index contributed by atoms with van der Waals surface area (Å²) in [5.41, 5.74) is 2.74. The van der Waals surface area contributed by atoms with Crippen molar-refractivity contribution in [1.29, 1.82) is 0 Å². The number of alkyl halides is 1. The standard InChI is InChI=1S/C18H19BrO/c19-13-18(11-6-12-18)14-20-17-10-5-4-9-16(17)15-7-2-1-3-8-15/h1-5,7-10H,6,11-14H2. The third kappa shape index (κ3) is 2.76. The van der Waals surface area contributed by atoms with E-state index in [9.17, 15) is 0 Å². The van der Waals surface area contributed by atoms with Gasteiger partial charge in [-0.25, -0.2) is 0 Å². The molecule has 2 heteroatoms. The first-order chi connectivity index (χ1) is 9.83. The predicted octanol–water partition coefficient (Wildman–Crippen LogP) is 5.30. The van der Waals surface area contributed by atoms with Crippen molar-refractivity contribution in [3.63, 3.8) is 0 Å². The van der Waals surface area contributed by atoms with Gasteiger partial charge in [-0.1, -0.05) is 70.9 Å². The van der Waals surface area contributed by atoms with Crippen molar-refractivity contribution in [2.75, 3.05) is 11.9 Å². The molecule has 0 saturated heterocycles. The van der Waals surface area contributed by atoms with E-state index in [1.54, 1.807) is 0 Å². The Morgan fingerprint density at radius 2 is 1.65 bits per heavy atom. The Hall–Kier alpha value is -1.28. The molecule has 0 atom stereocenters. The first-order valence-corrected chi connectivity index (χ1v) is 8.28. The van der Waals surface area contributed by atoms with Crippen molar-refractivity contribution in [1.82, 2.24) is 0 Å². The van der Waals surface area contributed by atoms with Gasteiger partial charge in [-0.3, -0.25) is 0 Å². The molecular formula is C18H19BrO. The van der Waals surface area contributed by atoms with Crippen LogP contribution < -0.4 is 4.74 Å². The second kappa shape index (κ2) is 6.01. The van der Waals surface area contributed by atoms with E-state index < -0.39 is 0 Å². The lowest BCUT2D eigenvalue weighted by molar-refractivity contribution is 0.0842. The summed E-state index contributed by atoms with van der Waals surface area (Å²) in [6, 6.07) is 18.8. The zero-order valence-electron chi connectivity index (χ0n) is 11.5. The van der Waals surface area contributed by atoms with Gasteiger partial charge in [0.1, 0.15) is 5.75 Å². The fraction of sp³-hybridized carbons (Fsp3) is 0.333. The Labute approximate surface area is 129 Å². The van der Waals surface area contributed by atoms with Crippen molar-refractivity contribution in [3.8, 4) is 16.9 Å². The van der Waals surface area contributed by atoms with Crippen molar-refractivity contribution in [2.45, 2.75) is 19.3 Å². The summed E-state index contributed by atoms with van der Waals surface area (Å²) in [4.78, 5) is 0. The zero-order valence-corrected chi connectivity index (χ0v) is 13.1. The number of para-hydroxylation sites is 1. The number of benzene rings is 2. The summed E-state index contributed by atoms with van der Waals surface area (Å²) >= 11 is 3.64. The number of ether oxygens (including phenoxy) is 1. The molecule has 104 valence electrons. The molecule has 0 N–H and O–H groups in total. The van der Waals surface area contributed by atoms with E-state index in [1.165, 1.54) is 30.4 Å². The molecule has 3 rings (SSSR count). The van der Waals surface area contributed by atoms with E-state index >= 15 is 0 Å². The monoisotopic (exact) mass is 330 g/mol. The fourth-order valence-corrected chi connectivity index (χ4v) is 3.40. The van der Waals surface area contributed by atoms with Gasteiger partial charge in [0.15, 0.2) is 0 Å². The van der Waals surface area contributed by atoms with Gasteiger partial charge in [0.25, 0.3) is 0 Å². The summed E-state index contributed by atoms with van der Waals surface area (Å²) in [5, 5.41) is 1.04. The predicted molar refractivity (Wildman–Crippen MR) is 87.5 cm³/mol. The molecule has 2 aromatic rings. The van der Waals surface area contributed by atoms with Crippen LogP contribution in [0.1, 0.15) is 19.3 Å². The van der Waals surface area contributed by atoms with Gasteiger partial charge in [-0.15, -0.1) is 0 Å². The molecule has 0 radical (unpaired) electrons. The van der Waals surface area contributed by atoms with E-state index in [2.05, 4.69) is 58.4 Å². The SMILES string of the molecule is BrCC1(COc2ccccc2-c2ccccc2)CCC1. The lowest BCUT2D eigenvalue weighted by atomic mass is 9.71. The van der Waals surface area contributed by atoms with Crippen molar-refractivity contribution in [2.24, 2.45) is 5.41 Å². The van der Waals surface area contributed by atoms with Gasteiger partial charge in [0.2, 0.25) is 0 Å². The average molecular weight is 331 g/mol. The van der Waals surface area contributed by atoms with Crippen LogP contribution in [0, 0.1) is 5.41 Å². The number of halogens is 1. The van der Waals surface area contributed by atoms with E-state index in [0.717, 1.165) is 17.7 Å². The molecule has 0 aliphatic heterocycles. The van der Waals surface area contributed by atoms with E-state index in [1.807, 2.05) is 12.1 Å². The van der Waals surface area contributed by atoms with Crippen molar-refractivity contribution >= 4 is 15.9 Å². The van der Waals surface area contributed by atoms with Crippen LogP contribution in [-0.2, 0) is 0 Å². The smallest absolute Gasteiger partial charge is 0.127 e. The van der Waals surface area contributed by atoms with E-state index in [-0.39, 0.29) is 0 Å². The summed E-state index contributed by atoms with van der Waals surface area (Å²) in [6.07, 6.45) is 3.87. The van der Waals surface area contributed by atoms with E-state index in [0.29, 0.717) is 5.41 Å². The summed E-state index contributed by atoms with van der Waals surface area (Å²) < 4.78 is 6.16. The van der Waals surface area contributed by atoms with Crippen LogP contribution in [0.3, 0.4) is 0 Å². The summed E-state index contributed by atoms with van der Waals surface area (Å²) in [6.45, 7) is 0.808. The van der Waals surface area contributed by atoms with Crippen LogP contribution in [-0.4, -0.2) is 11.9 Å². The fourth-order valence-electron chi connectivity index (χ4n) is 2.67. The Balaban J connectivity index is 1.80. The van der Waals surface area contributed by atoms with Crippen LogP contribution in [0.5, 0.6) is 5.75 Å². The van der Waals surface area contributed by atoms with Crippen LogP contribution in [0.25, 0.3) is 11.1 Å². The topological polar surface area (TPSA) is 9.23 Å². The molecule has 1 aliphatic carbocycles. The molecule has 1 aliphatic rings. The second-order valence-corrected chi connectivity index (χ2v) is 6.20. The van der Waals surface area contributed by atoms with Gasteiger partial charge in [-0.2, -0.15) is 0 Å². The molecule has 0 unspecified atom stereocenters. The van der Waals surface area contributed by atoms with Gasteiger partial charge in [0, 0.05) is 16.3 Å². The van der Waals surface area contributed by atoms with Gasteiger partial charge in [-0.05, 0) is 24.5 Å². The zero-order chi connectivity index (χ0) is 13.8. The van der Waals surface area contributed by atoms with Gasteiger partial charge < -0.3 is 4.74 Å². The van der Waals surface area contributed by atoms with Crippen molar-refractivity contribution < 1.29 is 4.74 Å². The van der Waals surface area contributed by atoms with Crippen LogP contribution in [0.2, 0.25) is 0 Å². The summed E-state index contributed by atoms with van der Waals surface area (Å²) in [7, 11) is 0. The maximum Gasteiger partial charge on any atom is 0.127 e. The quantitative estimate of drug-likeness (QED) is 0.676. The number of rotatable bonds is 5. The lowest BCUT2D eigenvalue weighted by Gasteiger charge is -2.40. The highest BCUT2D eigenvalue weighted by molar-refractivity contribution is 9.09. The van der Waals surface area contributed by atoms with Gasteiger partial charge in [0.05, 0.1) is 6.61 Å². The highest BCUT2D eigenvalue weighted by Gasteiger charge is 2.36. The van der Waals surface area contributed by atoms with Crippen molar-refractivity contribution in [3.05, 3.63) is 54.6 Å². The summed E-state index contributed by atoms with van der Waals surface area (Å²) in [5.74, 6) is 0.992. The maximum atomic E-state index is 6.16. The molecule has 20 heavy (non-hydrogen) atoms. The Morgan fingerprint density at radius 1 is 0.950 bits per heavy atom. The Kier molecular flexibility index (Phi) is 4.11. The maximum absolute atomic E-state index is 6.16. The molecule has 0 amide bonds. The molecule has 1 fully saturated rings. The molecule has 0 bridgehead atoms. The Bertz CT molecular complexity index is 555. The molecule has 1 saturated carbocycles. The molecule has 1 nitrogen and oxygen atoms in total. The minimum atomic E-state index is 0.351. The van der Waals surface area contributed by atoms with Gasteiger partial charge >= 0.3 is 0 Å². The Morgan fingerprint density at radius 3 is 2.30 bits per heavy atom. The largest absolute Gasteiger partial charge is 0.492 e. The number of hydrogen-bond donors (Lipinski definition) is 0. The van der Waals surface area contributed by atoms with Crippen LogP contribution >= 0.6 is 15.9 Å². The third-order valence-corrected chi connectivity index (χ3v) is 5.39. The molecular weight excluding hydrogens is 312 g/mol. The van der Waals surface area contributed by atoms with Crippen LogP contribution in [0.15, 0.2) is 54.6 Å². The minimum absolute atomic E-state index is 0.351. The third-order valence-electron chi connectivity index (χ3n) is 4.20. The molecule has 0 aromatic heterocycles. The molecule has 2 aromatic carbocycles.